The number of hydrogen-bond acceptors (Lipinski definition) is 6. The molecule has 6 nitrogen and oxygen atoms in total. The van der Waals surface area contributed by atoms with E-state index < -0.39 is 0 Å². The first-order valence-corrected chi connectivity index (χ1v) is 8.96. The van der Waals surface area contributed by atoms with Crippen LogP contribution in [-0.4, -0.2) is 35.9 Å². The van der Waals surface area contributed by atoms with Crippen LogP contribution >= 0.6 is 0 Å². The number of fused-ring (bicyclic) bond motifs is 1. The van der Waals surface area contributed by atoms with Gasteiger partial charge in [0.25, 0.3) is 0 Å². The standard InChI is InChI=1S/C19H24N4O2/c1-3-14-10-20-13(2)21-19(14)23-8-4-5-16(11-23)22-15-6-7-17-18(9-15)25-12-24-17/h6-7,9-10,16,22H,3-5,8,11-12H2,1-2H3/t16-/m0/s1. The Morgan fingerprint density at radius 2 is 2.16 bits per heavy atom. The second-order valence-electron chi connectivity index (χ2n) is 6.62. The number of anilines is 2. The molecule has 1 aromatic heterocycles. The maximum atomic E-state index is 5.47. The van der Waals surface area contributed by atoms with Crippen molar-refractivity contribution in [2.75, 3.05) is 30.1 Å². The van der Waals surface area contributed by atoms with Gasteiger partial charge in [0.15, 0.2) is 11.5 Å². The zero-order valence-electron chi connectivity index (χ0n) is 14.8. The summed E-state index contributed by atoms with van der Waals surface area (Å²) >= 11 is 0. The maximum Gasteiger partial charge on any atom is 0.231 e. The van der Waals surface area contributed by atoms with Gasteiger partial charge in [0, 0.05) is 42.6 Å². The van der Waals surface area contributed by atoms with E-state index in [-0.39, 0.29) is 0 Å². The number of nitrogens with zero attached hydrogens (tertiary/aromatic N) is 3. The topological polar surface area (TPSA) is 59.5 Å². The minimum absolute atomic E-state index is 0.308. The quantitative estimate of drug-likeness (QED) is 0.923. The molecule has 3 heterocycles. The number of rotatable bonds is 4. The van der Waals surface area contributed by atoms with Crippen LogP contribution in [-0.2, 0) is 6.42 Å². The molecule has 0 radical (unpaired) electrons. The van der Waals surface area contributed by atoms with Gasteiger partial charge >= 0.3 is 0 Å². The zero-order chi connectivity index (χ0) is 17.2. The highest BCUT2D eigenvalue weighted by Gasteiger charge is 2.23. The summed E-state index contributed by atoms with van der Waals surface area (Å²) in [6, 6.07) is 6.43. The normalized spacial score (nSPS) is 19.1. The van der Waals surface area contributed by atoms with Gasteiger partial charge in [0.2, 0.25) is 6.79 Å². The molecule has 2 aromatic rings. The molecule has 0 amide bonds. The molecule has 6 heteroatoms. The molecular weight excluding hydrogens is 316 g/mol. The highest BCUT2D eigenvalue weighted by atomic mass is 16.7. The third kappa shape index (κ3) is 3.34. The van der Waals surface area contributed by atoms with Gasteiger partial charge in [-0.25, -0.2) is 9.97 Å². The van der Waals surface area contributed by atoms with Crippen LogP contribution in [0.5, 0.6) is 11.5 Å². The van der Waals surface area contributed by atoms with Crippen LogP contribution in [0.15, 0.2) is 24.4 Å². The van der Waals surface area contributed by atoms with Crippen LogP contribution < -0.4 is 19.7 Å². The molecule has 2 aliphatic heterocycles. The van der Waals surface area contributed by atoms with Gasteiger partial charge in [0.05, 0.1) is 0 Å². The van der Waals surface area contributed by atoms with Crippen LogP contribution in [0.1, 0.15) is 31.2 Å². The molecular formula is C19H24N4O2. The van der Waals surface area contributed by atoms with Crippen molar-refractivity contribution in [3.05, 3.63) is 35.8 Å². The first-order chi connectivity index (χ1) is 12.2. The molecule has 25 heavy (non-hydrogen) atoms. The van der Waals surface area contributed by atoms with E-state index in [1.807, 2.05) is 25.3 Å². The lowest BCUT2D eigenvalue weighted by Crippen LogP contribution is -2.43. The summed E-state index contributed by atoms with van der Waals surface area (Å²) < 4.78 is 10.9. The molecule has 0 spiro atoms. The first-order valence-electron chi connectivity index (χ1n) is 8.96. The van der Waals surface area contributed by atoms with E-state index >= 15 is 0 Å². The van der Waals surface area contributed by atoms with Crippen LogP contribution in [0.2, 0.25) is 0 Å². The third-order valence-corrected chi connectivity index (χ3v) is 4.81. The van der Waals surface area contributed by atoms with E-state index in [1.54, 1.807) is 0 Å². The molecule has 132 valence electrons. The summed E-state index contributed by atoms with van der Waals surface area (Å²) in [5.74, 6) is 3.56. The van der Waals surface area contributed by atoms with E-state index in [0.717, 1.165) is 61.2 Å². The van der Waals surface area contributed by atoms with Gasteiger partial charge < -0.3 is 19.7 Å². The lowest BCUT2D eigenvalue weighted by atomic mass is 10.0. The van der Waals surface area contributed by atoms with Crippen molar-refractivity contribution in [3.63, 3.8) is 0 Å². The predicted molar refractivity (Wildman–Crippen MR) is 97.6 cm³/mol. The smallest absolute Gasteiger partial charge is 0.231 e. The average molecular weight is 340 g/mol. The average Bonchev–Trinajstić information content (AvgIpc) is 3.10. The van der Waals surface area contributed by atoms with Gasteiger partial charge in [-0.15, -0.1) is 0 Å². The summed E-state index contributed by atoms with van der Waals surface area (Å²) in [5, 5.41) is 3.64. The van der Waals surface area contributed by atoms with Gasteiger partial charge in [0.1, 0.15) is 11.6 Å². The van der Waals surface area contributed by atoms with Crippen LogP contribution in [0.3, 0.4) is 0 Å². The van der Waals surface area contributed by atoms with Crippen molar-refractivity contribution in [2.45, 2.75) is 39.2 Å². The van der Waals surface area contributed by atoms with Crippen LogP contribution in [0.4, 0.5) is 11.5 Å². The van der Waals surface area contributed by atoms with Gasteiger partial charge in [-0.3, -0.25) is 0 Å². The summed E-state index contributed by atoms with van der Waals surface area (Å²) in [6.07, 6.45) is 5.21. The van der Waals surface area contributed by atoms with Crippen molar-refractivity contribution >= 4 is 11.5 Å². The molecule has 0 bridgehead atoms. The fraction of sp³-hybridized carbons (Fsp3) is 0.474. The minimum Gasteiger partial charge on any atom is -0.454 e. The molecule has 4 rings (SSSR count). The van der Waals surface area contributed by atoms with Crippen molar-refractivity contribution in [1.29, 1.82) is 0 Å². The van der Waals surface area contributed by atoms with Crippen LogP contribution in [0.25, 0.3) is 0 Å². The predicted octanol–water partition coefficient (Wildman–Crippen LogP) is 3.16. The Bertz CT molecular complexity index is 765. The fourth-order valence-corrected chi connectivity index (χ4v) is 3.52. The molecule has 1 fully saturated rings. The van der Waals surface area contributed by atoms with Crippen molar-refractivity contribution in [3.8, 4) is 11.5 Å². The Morgan fingerprint density at radius 3 is 3.04 bits per heavy atom. The molecule has 0 aliphatic carbocycles. The highest BCUT2D eigenvalue weighted by Crippen LogP contribution is 2.35. The summed E-state index contributed by atoms with van der Waals surface area (Å²) in [6.45, 7) is 6.41. The van der Waals surface area contributed by atoms with E-state index in [2.05, 4.69) is 28.2 Å². The Kier molecular flexibility index (Phi) is 4.34. The Morgan fingerprint density at radius 1 is 1.28 bits per heavy atom. The second kappa shape index (κ2) is 6.78. The number of aromatic nitrogens is 2. The van der Waals surface area contributed by atoms with E-state index in [1.165, 1.54) is 5.56 Å². The highest BCUT2D eigenvalue weighted by molar-refractivity contribution is 5.56. The molecule has 1 N–H and O–H groups in total. The molecule has 1 aromatic carbocycles. The van der Waals surface area contributed by atoms with Crippen LogP contribution in [0, 0.1) is 6.92 Å². The summed E-state index contributed by atoms with van der Waals surface area (Å²) in [7, 11) is 0. The van der Waals surface area contributed by atoms with E-state index in [0.29, 0.717) is 12.8 Å². The molecule has 1 atom stereocenters. The van der Waals surface area contributed by atoms with E-state index in [4.69, 9.17) is 14.5 Å². The summed E-state index contributed by atoms with van der Waals surface area (Å²) in [4.78, 5) is 11.4. The molecule has 1 saturated heterocycles. The number of nitrogens with one attached hydrogen (secondary N) is 1. The summed E-state index contributed by atoms with van der Waals surface area (Å²) in [5.41, 5.74) is 2.29. The zero-order valence-corrected chi connectivity index (χ0v) is 14.8. The number of ether oxygens (including phenoxy) is 2. The maximum absolute atomic E-state index is 5.47. The number of benzene rings is 1. The van der Waals surface area contributed by atoms with E-state index in [9.17, 15) is 0 Å². The Hall–Kier alpha value is -2.50. The van der Waals surface area contributed by atoms with Gasteiger partial charge in [-0.1, -0.05) is 6.92 Å². The van der Waals surface area contributed by atoms with Gasteiger partial charge in [-0.05, 0) is 38.3 Å². The Labute approximate surface area is 148 Å². The van der Waals surface area contributed by atoms with Crippen molar-refractivity contribution < 1.29 is 9.47 Å². The van der Waals surface area contributed by atoms with Gasteiger partial charge in [-0.2, -0.15) is 0 Å². The van der Waals surface area contributed by atoms with Crippen molar-refractivity contribution in [2.24, 2.45) is 0 Å². The monoisotopic (exact) mass is 340 g/mol. The lowest BCUT2D eigenvalue weighted by Gasteiger charge is -2.35. The third-order valence-electron chi connectivity index (χ3n) is 4.81. The lowest BCUT2D eigenvalue weighted by molar-refractivity contribution is 0.174. The first kappa shape index (κ1) is 16.0. The molecule has 2 aliphatic rings. The molecule has 0 saturated carbocycles. The Balaban J connectivity index is 1.49. The number of piperidine rings is 1. The van der Waals surface area contributed by atoms with Crippen molar-refractivity contribution in [1.82, 2.24) is 9.97 Å². The largest absolute Gasteiger partial charge is 0.454 e. The number of aryl methyl sites for hydroxylation is 2. The fourth-order valence-electron chi connectivity index (χ4n) is 3.52. The minimum atomic E-state index is 0.308. The number of hydrogen-bond donors (Lipinski definition) is 1. The molecule has 0 unspecified atom stereocenters. The second-order valence-corrected chi connectivity index (χ2v) is 6.62. The SMILES string of the molecule is CCc1cnc(C)nc1N1CCC[C@H](Nc2ccc3c(c2)OCO3)C1.